The number of hydrogen-bond acceptors (Lipinski definition) is 4. The van der Waals surface area contributed by atoms with Gasteiger partial charge in [-0.1, -0.05) is 6.92 Å². The Morgan fingerprint density at radius 2 is 2.15 bits per heavy atom. The zero-order valence-electron chi connectivity index (χ0n) is 6.85. The quantitative estimate of drug-likeness (QED) is 0.834. The summed E-state index contributed by atoms with van der Waals surface area (Å²) in [6, 6.07) is 0. The Kier molecular flexibility index (Phi) is 3.07. The average molecular weight is 211 g/mol. The molecule has 0 saturated carbocycles. The van der Waals surface area contributed by atoms with Crippen LogP contribution in [0, 0.1) is 0 Å². The van der Waals surface area contributed by atoms with E-state index in [1.807, 2.05) is 6.92 Å². The third-order valence-electron chi connectivity index (χ3n) is 1.21. The van der Waals surface area contributed by atoms with Gasteiger partial charge in [0.25, 0.3) is 0 Å². The molecule has 0 atom stereocenters. The molecule has 1 N–H and O–H groups in total. The molecule has 0 saturated heterocycles. The molecule has 0 radical (unpaired) electrons. The molecule has 1 rings (SSSR count). The lowest BCUT2D eigenvalue weighted by Crippen LogP contribution is -2.07. The van der Waals surface area contributed by atoms with E-state index in [4.69, 9.17) is 0 Å². The van der Waals surface area contributed by atoms with Crippen molar-refractivity contribution in [2.75, 3.05) is 11.9 Å². The highest BCUT2D eigenvalue weighted by Gasteiger charge is 2.35. The van der Waals surface area contributed by atoms with Gasteiger partial charge in [-0.25, -0.2) is 0 Å². The van der Waals surface area contributed by atoms with Crippen molar-refractivity contribution in [2.24, 2.45) is 0 Å². The SMILES string of the molecule is CCCNc1nc(C(F)(F)F)ns1. The first-order valence-electron chi connectivity index (χ1n) is 3.69. The summed E-state index contributed by atoms with van der Waals surface area (Å²) in [4.78, 5) is 3.29. The zero-order chi connectivity index (χ0) is 9.90. The van der Waals surface area contributed by atoms with Crippen LogP contribution in [0.5, 0.6) is 0 Å². The number of rotatable bonds is 3. The predicted molar refractivity (Wildman–Crippen MR) is 43.7 cm³/mol. The van der Waals surface area contributed by atoms with E-state index in [0.717, 1.165) is 18.0 Å². The third kappa shape index (κ3) is 2.83. The molecule has 0 aliphatic carbocycles. The fourth-order valence-electron chi connectivity index (χ4n) is 0.642. The maximum Gasteiger partial charge on any atom is 0.452 e. The van der Waals surface area contributed by atoms with E-state index in [9.17, 15) is 13.2 Å². The number of nitrogens with one attached hydrogen (secondary N) is 1. The molecule has 0 aliphatic heterocycles. The molecule has 0 amide bonds. The zero-order valence-corrected chi connectivity index (χ0v) is 7.67. The van der Waals surface area contributed by atoms with E-state index in [2.05, 4.69) is 14.7 Å². The molecule has 13 heavy (non-hydrogen) atoms. The molecule has 1 aromatic heterocycles. The van der Waals surface area contributed by atoms with Gasteiger partial charge in [-0.15, -0.1) is 0 Å². The van der Waals surface area contributed by atoms with Crippen molar-refractivity contribution in [2.45, 2.75) is 19.5 Å². The Bertz CT molecular complexity index is 270. The molecule has 1 heterocycles. The van der Waals surface area contributed by atoms with Crippen molar-refractivity contribution < 1.29 is 13.2 Å². The van der Waals surface area contributed by atoms with E-state index in [-0.39, 0.29) is 5.13 Å². The van der Waals surface area contributed by atoms with Crippen molar-refractivity contribution in [3.05, 3.63) is 5.82 Å². The molecule has 0 unspecified atom stereocenters. The van der Waals surface area contributed by atoms with Crippen LogP contribution in [0.25, 0.3) is 0 Å². The van der Waals surface area contributed by atoms with Gasteiger partial charge in [0.15, 0.2) is 0 Å². The molecule has 1 aromatic rings. The molecule has 0 fully saturated rings. The molecule has 3 nitrogen and oxygen atoms in total. The maximum absolute atomic E-state index is 12.0. The smallest absolute Gasteiger partial charge is 0.360 e. The lowest BCUT2D eigenvalue weighted by Gasteiger charge is -1.98. The summed E-state index contributed by atoms with van der Waals surface area (Å²) >= 11 is 0.724. The Labute approximate surface area is 77.2 Å². The first-order chi connectivity index (χ1) is 6.04. The van der Waals surface area contributed by atoms with Crippen molar-refractivity contribution in [1.29, 1.82) is 0 Å². The van der Waals surface area contributed by atoms with Gasteiger partial charge < -0.3 is 5.32 Å². The summed E-state index contributed by atoms with van der Waals surface area (Å²) in [6.45, 7) is 2.52. The standard InChI is InChI=1S/C6H8F3N3S/c1-2-3-10-5-11-4(12-13-5)6(7,8)9/h2-3H2,1H3,(H,10,11,12). The van der Waals surface area contributed by atoms with E-state index < -0.39 is 12.0 Å². The maximum atomic E-state index is 12.0. The van der Waals surface area contributed by atoms with Crippen molar-refractivity contribution in [1.82, 2.24) is 9.36 Å². The lowest BCUT2D eigenvalue weighted by molar-refractivity contribution is -0.144. The summed E-state index contributed by atoms with van der Waals surface area (Å²) < 4.78 is 39.1. The van der Waals surface area contributed by atoms with Crippen molar-refractivity contribution in [3.63, 3.8) is 0 Å². The topological polar surface area (TPSA) is 37.8 Å². The molecule has 74 valence electrons. The summed E-state index contributed by atoms with van der Waals surface area (Å²) in [6.07, 6.45) is -3.61. The first kappa shape index (κ1) is 10.2. The van der Waals surface area contributed by atoms with Crippen LogP contribution in [0.3, 0.4) is 0 Å². The van der Waals surface area contributed by atoms with Gasteiger partial charge in [-0.2, -0.15) is 22.5 Å². The predicted octanol–water partition coefficient (Wildman–Crippen LogP) is 2.38. The van der Waals surface area contributed by atoms with Crippen molar-refractivity contribution >= 4 is 16.7 Å². The van der Waals surface area contributed by atoms with Crippen LogP contribution in [0.4, 0.5) is 18.3 Å². The van der Waals surface area contributed by atoms with Gasteiger partial charge in [0.2, 0.25) is 11.0 Å². The number of anilines is 1. The minimum absolute atomic E-state index is 0.217. The first-order valence-corrected chi connectivity index (χ1v) is 4.46. The van der Waals surface area contributed by atoms with Crippen LogP contribution in [-0.4, -0.2) is 15.9 Å². The normalized spacial score (nSPS) is 11.7. The highest BCUT2D eigenvalue weighted by atomic mass is 32.1. The summed E-state index contributed by atoms with van der Waals surface area (Å²) in [5, 5.41) is 2.95. The largest absolute Gasteiger partial charge is 0.452 e. The second-order valence-electron chi connectivity index (χ2n) is 2.35. The molecular weight excluding hydrogens is 203 g/mol. The second kappa shape index (κ2) is 3.91. The average Bonchev–Trinajstić information content (AvgIpc) is 2.47. The van der Waals surface area contributed by atoms with Crippen molar-refractivity contribution in [3.8, 4) is 0 Å². The molecule has 0 aromatic carbocycles. The minimum atomic E-state index is -4.44. The second-order valence-corrected chi connectivity index (χ2v) is 3.10. The molecule has 0 spiro atoms. The number of hydrogen-bond donors (Lipinski definition) is 1. The van der Waals surface area contributed by atoms with Crippen LogP contribution < -0.4 is 5.32 Å². The summed E-state index contributed by atoms with van der Waals surface area (Å²) in [5.41, 5.74) is 0. The van der Waals surface area contributed by atoms with Crippen LogP contribution in [0.2, 0.25) is 0 Å². The highest BCUT2D eigenvalue weighted by Crippen LogP contribution is 2.28. The fraction of sp³-hybridized carbons (Fsp3) is 0.667. The third-order valence-corrected chi connectivity index (χ3v) is 1.88. The van der Waals surface area contributed by atoms with Gasteiger partial charge >= 0.3 is 6.18 Å². The van der Waals surface area contributed by atoms with E-state index in [1.165, 1.54) is 0 Å². The molecule has 0 bridgehead atoms. The van der Waals surface area contributed by atoms with Gasteiger partial charge in [-0.05, 0) is 6.42 Å². The Balaban J connectivity index is 2.64. The molecular formula is C6H8F3N3S. The molecule has 0 aliphatic rings. The summed E-state index contributed by atoms with van der Waals surface area (Å²) in [5.74, 6) is -1.07. The fourth-order valence-corrected chi connectivity index (χ4v) is 1.25. The van der Waals surface area contributed by atoms with E-state index in [0.29, 0.717) is 6.54 Å². The number of alkyl halides is 3. The van der Waals surface area contributed by atoms with Crippen LogP contribution in [-0.2, 0) is 6.18 Å². The van der Waals surface area contributed by atoms with Crippen LogP contribution in [0.15, 0.2) is 0 Å². The van der Waals surface area contributed by atoms with Gasteiger partial charge in [0.05, 0.1) is 0 Å². The highest BCUT2D eigenvalue weighted by molar-refractivity contribution is 7.09. The van der Waals surface area contributed by atoms with E-state index in [1.54, 1.807) is 0 Å². The Morgan fingerprint density at radius 1 is 1.46 bits per heavy atom. The van der Waals surface area contributed by atoms with Crippen LogP contribution >= 0.6 is 11.5 Å². The Hall–Kier alpha value is -0.850. The molecule has 7 heteroatoms. The monoisotopic (exact) mass is 211 g/mol. The van der Waals surface area contributed by atoms with Crippen LogP contribution in [0.1, 0.15) is 19.2 Å². The van der Waals surface area contributed by atoms with E-state index >= 15 is 0 Å². The lowest BCUT2D eigenvalue weighted by atomic mass is 10.5. The number of nitrogens with zero attached hydrogens (tertiary/aromatic N) is 2. The minimum Gasteiger partial charge on any atom is -0.360 e. The van der Waals surface area contributed by atoms with Gasteiger partial charge in [-0.3, -0.25) is 0 Å². The summed E-state index contributed by atoms with van der Waals surface area (Å²) in [7, 11) is 0. The number of aromatic nitrogens is 2. The number of halogens is 3. The van der Waals surface area contributed by atoms with Gasteiger partial charge in [0, 0.05) is 18.1 Å². The Morgan fingerprint density at radius 3 is 2.62 bits per heavy atom. The van der Waals surface area contributed by atoms with Gasteiger partial charge in [0.1, 0.15) is 0 Å².